The van der Waals surface area contributed by atoms with Gasteiger partial charge in [0.05, 0.1) is 6.61 Å². The van der Waals surface area contributed by atoms with Crippen LogP contribution in [0.15, 0.2) is 48.5 Å². The molecule has 0 amide bonds. The first-order valence-electron chi connectivity index (χ1n) is 6.94. The van der Waals surface area contributed by atoms with Crippen LogP contribution in [0.25, 0.3) is 0 Å². The molecule has 1 N–H and O–H groups in total. The number of rotatable bonds is 2. The van der Waals surface area contributed by atoms with Gasteiger partial charge in [-0.2, -0.15) is 0 Å². The van der Waals surface area contributed by atoms with Gasteiger partial charge in [0, 0.05) is 17.9 Å². The lowest BCUT2D eigenvalue weighted by atomic mass is 10.1. The number of hydrogen-bond acceptors (Lipinski definition) is 2. The first-order valence-corrected chi connectivity index (χ1v) is 6.94. The summed E-state index contributed by atoms with van der Waals surface area (Å²) in [5.74, 6) is 0. The first-order chi connectivity index (χ1) is 9.38. The van der Waals surface area contributed by atoms with Gasteiger partial charge in [-0.15, -0.1) is 0 Å². The average molecular weight is 253 g/mol. The van der Waals surface area contributed by atoms with Crippen molar-refractivity contribution in [2.24, 2.45) is 0 Å². The monoisotopic (exact) mass is 253 g/mol. The summed E-state index contributed by atoms with van der Waals surface area (Å²) in [6.07, 6.45) is 3.64. The van der Waals surface area contributed by atoms with Gasteiger partial charge in [0.1, 0.15) is 0 Å². The second kappa shape index (κ2) is 5.45. The number of anilines is 2. The number of aliphatic hydroxyl groups excluding tert-OH is 1. The second-order valence-electron chi connectivity index (χ2n) is 5.06. The molecule has 2 aromatic carbocycles. The molecule has 0 radical (unpaired) electrons. The fraction of sp³-hybridized carbons (Fsp3) is 0.294. The Balaban J connectivity index is 1.99. The van der Waals surface area contributed by atoms with E-state index in [2.05, 4.69) is 41.3 Å². The van der Waals surface area contributed by atoms with E-state index >= 15 is 0 Å². The number of fused-ring (bicyclic) bond motifs is 1. The minimum atomic E-state index is 0.108. The number of nitrogens with zero attached hydrogens (tertiary/aromatic N) is 1. The van der Waals surface area contributed by atoms with Crippen LogP contribution in [0.5, 0.6) is 0 Å². The van der Waals surface area contributed by atoms with Crippen LogP contribution in [0, 0.1) is 0 Å². The standard InChI is InChI=1S/C17H19NO/c19-13-14-8-10-16(11-9-14)18-12-4-3-6-15-5-1-2-7-17(15)18/h1-2,5,7-11,19H,3-4,6,12-13H2. The quantitative estimate of drug-likeness (QED) is 0.883. The van der Waals surface area contributed by atoms with E-state index in [1.54, 1.807) is 0 Å². The number of aliphatic hydroxyl groups is 1. The topological polar surface area (TPSA) is 23.5 Å². The summed E-state index contributed by atoms with van der Waals surface area (Å²) < 4.78 is 0. The predicted molar refractivity (Wildman–Crippen MR) is 78.8 cm³/mol. The summed E-state index contributed by atoms with van der Waals surface area (Å²) in [5, 5.41) is 9.13. The van der Waals surface area contributed by atoms with Crippen molar-refractivity contribution in [1.82, 2.24) is 0 Å². The lowest BCUT2D eigenvalue weighted by Crippen LogP contribution is -2.17. The Morgan fingerprint density at radius 2 is 1.74 bits per heavy atom. The van der Waals surface area contributed by atoms with Crippen LogP contribution in [0.1, 0.15) is 24.0 Å². The first kappa shape index (κ1) is 12.2. The highest BCUT2D eigenvalue weighted by molar-refractivity contribution is 5.67. The van der Waals surface area contributed by atoms with Crippen LogP contribution < -0.4 is 4.90 Å². The van der Waals surface area contributed by atoms with E-state index in [1.807, 2.05) is 12.1 Å². The molecule has 1 heterocycles. The maximum Gasteiger partial charge on any atom is 0.0681 e. The number of aryl methyl sites for hydroxylation is 1. The summed E-state index contributed by atoms with van der Waals surface area (Å²) in [6, 6.07) is 16.9. The Bertz CT molecular complexity index is 547. The van der Waals surface area contributed by atoms with Crippen molar-refractivity contribution in [3.63, 3.8) is 0 Å². The van der Waals surface area contributed by atoms with Gasteiger partial charge in [0.25, 0.3) is 0 Å². The zero-order valence-electron chi connectivity index (χ0n) is 11.0. The molecule has 1 aliphatic heterocycles. The highest BCUT2D eigenvalue weighted by Gasteiger charge is 2.15. The van der Waals surface area contributed by atoms with Gasteiger partial charge in [-0.25, -0.2) is 0 Å². The van der Waals surface area contributed by atoms with Gasteiger partial charge in [0.2, 0.25) is 0 Å². The molecule has 0 bridgehead atoms. The average Bonchev–Trinajstić information content (AvgIpc) is 2.70. The maximum absolute atomic E-state index is 9.13. The van der Waals surface area contributed by atoms with Crippen molar-refractivity contribution in [2.45, 2.75) is 25.9 Å². The number of para-hydroxylation sites is 1. The summed E-state index contributed by atoms with van der Waals surface area (Å²) in [6.45, 7) is 1.17. The Morgan fingerprint density at radius 3 is 2.53 bits per heavy atom. The summed E-state index contributed by atoms with van der Waals surface area (Å²) in [7, 11) is 0. The molecule has 3 rings (SSSR count). The highest BCUT2D eigenvalue weighted by atomic mass is 16.3. The van der Waals surface area contributed by atoms with Crippen molar-refractivity contribution < 1.29 is 5.11 Å². The van der Waals surface area contributed by atoms with Crippen molar-refractivity contribution in [2.75, 3.05) is 11.4 Å². The van der Waals surface area contributed by atoms with Crippen molar-refractivity contribution in [3.8, 4) is 0 Å². The van der Waals surface area contributed by atoms with E-state index in [4.69, 9.17) is 5.11 Å². The maximum atomic E-state index is 9.13. The smallest absolute Gasteiger partial charge is 0.0681 e. The van der Waals surface area contributed by atoms with E-state index in [9.17, 15) is 0 Å². The zero-order valence-corrected chi connectivity index (χ0v) is 11.0. The third kappa shape index (κ3) is 2.49. The van der Waals surface area contributed by atoms with Gasteiger partial charge in [-0.3, -0.25) is 0 Å². The van der Waals surface area contributed by atoms with Gasteiger partial charge in [0.15, 0.2) is 0 Å². The zero-order chi connectivity index (χ0) is 13.1. The molecule has 0 fully saturated rings. The fourth-order valence-electron chi connectivity index (χ4n) is 2.74. The Hall–Kier alpha value is -1.80. The van der Waals surface area contributed by atoms with Crippen molar-refractivity contribution in [1.29, 1.82) is 0 Å². The number of hydrogen-bond donors (Lipinski definition) is 1. The molecular weight excluding hydrogens is 234 g/mol. The van der Waals surface area contributed by atoms with E-state index in [0.29, 0.717) is 0 Å². The van der Waals surface area contributed by atoms with Gasteiger partial charge >= 0.3 is 0 Å². The highest BCUT2D eigenvalue weighted by Crippen LogP contribution is 2.32. The minimum absolute atomic E-state index is 0.108. The molecule has 2 nitrogen and oxygen atoms in total. The van der Waals surface area contributed by atoms with Crippen LogP contribution in [0.3, 0.4) is 0 Å². The van der Waals surface area contributed by atoms with E-state index in [1.165, 1.54) is 36.2 Å². The number of benzene rings is 2. The van der Waals surface area contributed by atoms with Crippen molar-refractivity contribution in [3.05, 3.63) is 59.7 Å². The molecule has 0 aliphatic carbocycles. The molecule has 0 atom stereocenters. The molecule has 19 heavy (non-hydrogen) atoms. The molecule has 0 unspecified atom stereocenters. The molecule has 0 saturated carbocycles. The van der Waals surface area contributed by atoms with Gasteiger partial charge in [-0.05, 0) is 48.6 Å². The lowest BCUT2D eigenvalue weighted by molar-refractivity contribution is 0.282. The van der Waals surface area contributed by atoms with Crippen molar-refractivity contribution >= 4 is 11.4 Å². The third-order valence-electron chi connectivity index (χ3n) is 3.79. The molecule has 0 aromatic heterocycles. The normalized spacial score (nSPS) is 14.9. The largest absolute Gasteiger partial charge is 0.392 e. The summed E-state index contributed by atoms with van der Waals surface area (Å²) >= 11 is 0. The van der Waals surface area contributed by atoms with E-state index < -0.39 is 0 Å². The van der Waals surface area contributed by atoms with Crippen LogP contribution >= 0.6 is 0 Å². The van der Waals surface area contributed by atoms with Crippen LogP contribution in [0.4, 0.5) is 11.4 Å². The molecule has 0 saturated heterocycles. The second-order valence-corrected chi connectivity index (χ2v) is 5.06. The summed E-state index contributed by atoms with van der Waals surface area (Å²) in [4.78, 5) is 2.39. The predicted octanol–water partition coefficient (Wildman–Crippen LogP) is 3.65. The van der Waals surface area contributed by atoms with Gasteiger partial charge < -0.3 is 10.0 Å². The van der Waals surface area contributed by atoms with Crippen LogP contribution in [0.2, 0.25) is 0 Å². The van der Waals surface area contributed by atoms with Crippen LogP contribution in [-0.2, 0) is 13.0 Å². The Morgan fingerprint density at radius 1 is 0.947 bits per heavy atom. The van der Waals surface area contributed by atoms with E-state index in [-0.39, 0.29) is 6.61 Å². The van der Waals surface area contributed by atoms with Crippen LogP contribution in [-0.4, -0.2) is 11.7 Å². The molecule has 1 aliphatic rings. The SMILES string of the molecule is OCc1ccc(N2CCCCc3ccccc32)cc1. The fourth-order valence-corrected chi connectivity index (χ4v) is 2.74. The summed E-state index contributed by atoms with van der Waals surface area (Å²) in [5.41, 5.74) is 4.95. The molecule has 0 spiro atoms. The van der Waals surface area contributed by atoms with E-state index in [0.717, 1.165) is 12.1 Å². The Labute approximate surface area is 114 Å². The lowest BCUT2D eigenvalue weighted by Gasteiger charge is -2.25. The molecule has 98 valence electrons. The molecular formula is C17H19NO. The Kier molecular flexibility index (Phi) is 3.51. The molecule has 2 heteroatoms. The third-order valence-corrected chi connectivity index (χ3v) is 3.79. The van der Waals surface area contributed by atoms with Gasteiger partial charge in [-0.1, -0.05) is 30.3 Å². The minimum Gasteiger partial charge on any atom is -0.392 e. The molecule has 2 aromatic rings.